The van der Waals surface area contributed by atoms with Crippen LogP contribution in [-0.4, -0.2) is 44.5 Å². The van der Waals surface area contributed by atoms with E-state index in [9.17, 15) is 14.7 Å². The Morgan fingerprint density at radius 2 is 2.33 bits per heavy atom. The molecule has 1 aliphatic rings. The number of aromatic nitrogens is 2. The molecule has 0 spiro atoms. The summed E-state index contributed by atoms with van der Waals surface area (Å²) in [5.41, 5.74) is -0.640. The maximum Gasteiger partial charge on any atom is 0.351 e. The van der Waals surface area contributed by atoms with E-state index in [1.807, 2.05) is 0 Å². The highest BCUT2D eigenvalue weighted by atomic mass is 16.5. The monoisotopic (exact) mass is 297 g/mol. The molecule has 1 fully saturated rings. The van der Waals surface area contributed by atoms with Crippen molar-refractivity contribution in [2.45, 2.75) is 38.7 Å². The average Bonchev–Trinajstić information content (AvgIpc) is 2.80. The van der Waals surface area contributed by atoms with E-state index in [1.54, 1.807) is 13.8 Å². The molecule has 0 aliphatic carbocycles. The summed E-state index contributed by atoms with van der Waals surface area (Å²) < 4.78 is 6.53. The number of aliphatic hydroxyl groups is 2. The summed E-state index contributed by atoms with van der Waals surface area (Å²) in [7, 11) is 0. The number of aliphatic hydroxyl groups excluding tert-OH is 2. The summed E-state index contributed by atoms with van der Waals surface area (Å²) in [6, 6.07) is 1.46. The van der Waals surface area contributed by atoms with Crippen LogP contribution in [0.25, 0.3) is 0 Å². The summed E-state index contributed by atoms with van der Waals surface area (Å²) >= 11 is 0. The summed E-state index contributed by atoms with van der Waals surface area (Å²) in [5, 5.41) is 21.4. The van der Waals surface area contributed by atoms with Gasteiger partial charge in [-0.25, -0.2) is 4.79 Å². The molecular weight excluding hydrogens is 278 g/mol. The number of rotatable bonds is 4. The molecule has 8 nitrogen and oxygen atoms in total. The minimum atomic E-state index is -0.891. The van der Waals surface area contributed by atoms with Gasteiger partial charge in [-0.3, -0.25) is 9.36 Å². The molecule has 1 aliphatic heterocycles. The van der Waals surface area contributed by atoms with Gasteiger partial charge in [0.15, 0.2) is 6.23 Å². The van der Waals surface area contributed by atoms with Gasteiger partial charge in [-0.1, -0.05) is 13.8 Å². The highest BCUT2D eigenvalue weighted by molar-refractivity contribution is 5.90. The minimum absolute atomic E-state index is 0.154. The molecule has 1 aromatic heterocycles. The fraction of sp³-hybridized carbons (Fsp3) is 0.615. The lowest BCUT2D eigenvalue weighted by atomic mass is 10.2. The smallest absolute Gasteiger partial charge is 0.351 e. The molecule has 0 radical (unpaired) electrons. The van der Waals surface area contributed by atoms with Crippen molar-refractivity contribution in [3.8, 4) is 0 Å². The molecule has 0 aromatic carbocycles. The Bertz CT molecular complexity index is 571. The van der Waals surface area contributed by atoms with E-state index in [0.29, 0.717) is 0 Å². The van der Waals surface area contributed by atoms with Gasteiger partial charge in [0.05, 0.1) is 12.7 Å². The van der Waals surface area contributed by atoms with Crippen molar-refractivity contribution in [3.63, 3.8) is 0 Å². The number of hydrogen-bond donors (Lipinski definition) is 3. The predicted molar refractivity (Wildman–Crippen MR) is 73.6 cm³/mol. The van der Waals surface area contributed by atoms with Crippen LogP contribution >= 0.6 is 0 Å². The number of carbonyl (C=O) groups excluding carboxylic acids is 1. The molecule has 3 atom stereocenters. The van der Waals surface area contributed by atoms with Gasteiger partial charge < -0.3 is 20.3 Å². The van der Waals surface area contributed by atoms with E-state index in [2.05, 4.69) is 10.3 Å². The zero-order valence-electron chi connectivity index (χ0n) is 11.9. The Hall–Kier alpha value is -1.77. The number of carbonyl (C=O) groups is 1. The fourth-order valence-corrected chi connectivity index (χ4v) is 2.04. The van der Waals surface area contributed by atoms with Gasteiger partial charge >= 0.3 is 5.69 Å². The van der Waals surface area contributed by atoms with E-state index in [4.69, 9.17) is 9.84 Å². The fourth-order valence-electron chi connectivity index (χ4n) is 2.04. The van der Waals surface area contributed by atoms with Crippen molar-refractivity contribution < 1.29 is 19.7 Å². The van der Waals surface area contributed by atoms with Crippen LogP contribution in [0.15, 0.2) is 17.1 Å². The molecule has 2 heterocycles. The quantitative estimate of drug-likeness (QED) is 0.689. The zero-order valence-corrected chi connectivity index (χ0v) is 11.9. The van der Waals surface area contributed by atoms with Crippen LogP contribution in [-0.2, 0) is 9.53 Å². The number of amides is 1. The Kier molecular flexibility index (Phi) is 4.71. The maximum atomic E-state index is 12.0. The second-order valence-corrected chi connectivity index (χ2v) is 5.28. The molecule has 3 N–H and O–H groups in total. The SMILES string of the molecule is CC(C)C(=O)Nc1ccn([C@@H]2O[C@H](CO)C[C@H]2O)c(=O)n1. The lowest BCUT2D eigenvalue weighted by Gasteiger charge is -2.17. The van der Waals surface area contributed by atoms with Crippen molar-refractivity contribution in [2.24, 2.45) is 5.92 Å². The third kappa shape index (κ3) is 3.46. The van der Waals surface area contributed by atoms with Gasteiger partial charge in [-0.15, -0.1) is 0 Å². The predicted octanol–water partition coefficient (Wildman–Crippen LogP) is -0.522. The zero-order chi connectivity index (χ0) is 15.6. The van der Waals surface area contributed by atoms with Crippen molar-refractivity contribution in [1.29, 1.82) is 0 Å². The van der Waals surface area contributed by atoms with Gasteiger partial charge in [0.1, 0.15) is 11.9 Å². The van der Waals surface area contributed by atoms with Crippen LogP contribution in [0.2, 0.25) is 0 Å². The molecule has 8 heteroatoms. The number of ether oxygens (including phenoxy) is 1. The van der Waals surface area contributed by atoms with Gasteiger partial charge in [-0.05, 0) is 6.07 Å². The Balaban J connectivity index is 2.17. The Morgan fingerprint density at radius 1 is 1.62 bits per heavy atom. The van der Waals surface area contributed by atoms with E-state index in [0.717, 1.165) is 4.57 Å². The van der Waals surface area contributed by atoms with Crippen LogP contribution in [0.5, 0.6) is 0 Å². The van der Waals surface area contributed by atoms with E-state index < -0.39 is 24.1 Å². The van der Waals surface area contributed by atoms with Crippen LogP contribution in [0, 0.1) is 5.92 Å². The van der Waals surface area contributed by atoms with Gasteiger partial charge in [-0.2, -0.15) is 4.98 Å². The molecule has 1 aromatic rings. The first-order valence-corrected chi connectivity index (χ1v) is 6.76. The van der Waals surface area contributed by atoms with Crippen molar-refractivity contribution in [2.75, 3.05) is 11.9 Å². The summed E-state index contributed by atoms with van der Waals surface area (Å²) in [6.45, 7) is 3.24. The summed E-state index contributed by atoms with van der Waals surface area (Å²) in [5.74, 6) is -0.308. The second kappa shape index (κ2) is 6.33. The number of hydrogen-bond acceptors (Lipinski definition) is 6. The maximum absolute atomic E-state index is 12.0. The third-order valence-electron chi connectivity index (χ3n) is 3.25. The summed E-state index contributed by atoms with van der Waals surface area (Å²) in [6.07, 6.45) is -0.620. The highest BCUT2D eigenvalue weighted by Crippen LogP contribution is 2.27. The van der Waals surface area contributed by atoms with E-state index in [1.165, 1.54) is 12.3 Å². The first kappa shape index (κ1) is 15.6. The van der Waals surface area contributed by atoms with E-state index >= 15 is 0 Å². The van der Waals surface area contributed by atoms with Crippen LogP contribution < -0.4 is 11.0 Å². The minimum Gasteiger partial charge on any atom is -0.394 e. The van der Waals surface area contributed by atoms with Crippen LogP contribution in [0.3, 0.4) is 0 Å². The first-order valence-electron chi connectivity index (χ1n) is 6.76. The number of nitrogens with zero attached hydrogens (tertiary/aromatic N) is 2. The number of anilines is 1. The lowest BCUT2D eigenvalue weighted by Crippen LogP contribution is -2.32. The second-order valence-electron chi connectivity index (χ2n) is 5.28. The molecule has 1 amide bonds. The molecule has 116 valence electrons. The van der Waals surface area contributed by atoms with Gasteiger partial charge in [0.25, 0.3) is 0 Å². The molecule has 2 rings (SSSR count). The molecule has 1 saturated heterocycles. The van der Waals surface area contributed by atoms with Crippen molar-refractivity contribution in [1.82, 2.24) is 9.55 Å². The Morgan fingerprint density at radius 3 is 2.86 bits per heavy atom. The molecule has 21 heavy (non-hydrogen) atoms. The summed E-state index contributed by atoms with van der Waals surface area (Å²) in [4.78, 5) is 27.3. The molecule has 0 unspecified atom stereocenters. The Labute approximate surface area is 121 Å². The van der Waals surface area contributed by atoms with Crippen LogP contribution in [0.4, 0.5) is 5.82 Å². The van der Waals surface area contributed by atoms with Crippen molar-refractivity contribution >= 4 is 11.7 Å². The third-order valence-corrected chi connectivity index (χ3v) is 3.25. The first-order chi connectivity index (χ1) is 9.92. The lowest BCUT2D eigenvalue weighted by molar-refractivity contribution is -0.118. The normalized spacial score (nSPS) is 25.3. The molecular formula is C13H19N3O5. The topological polar surface area (TPSA) is 114 Å². The number of nitrogens with one attached hydrogen (secondary N) is 1. The highest BCUT2D eigenvalue weighted by Gasteiger charge is 2.35. The van der Waals surface area contributed by atoms with Gasteiger partial charge in [0, 0.05) is 18.5 Å². The average molecular weight is 297 g/mol. The molecule has 0 bridgehead atoms. The molecule has 0 saturated carbocycles. The van der Waals surface area contributed by atoms with Gasteiger partial charge in [0.2, 0.25) is 5.91 Å². The largest absolute Gasteiger partial charge is 0.394 e. The standard InChI is InChI=1S/C13H19N3O5/c1-7(2)11(19)14-10-3-4-16(13(20)15-10)12-9(18)5-8(6-17)21-12/h3-4,7-9,12,17-18H,5-6H2,1-2H3,(H,14,15,19,20)/t8-,9+,12+/m0/s1. The van der Waals surface area contributed by atoms with E-state index in [-0.39, 0.29) is 30.7 Å². The van der Waals surface area contributed by atoms with Crippen molar-refractivity contribution in [3.05, 3.63) is 22.7 Å². The van der Waals surface area contributed by atoms with Crippen LogP contribution in [0.1, 0.15) is 26.5 Å².